The summed E-state index contributed by atoms with van der Waals surface area (Å²) in [5, 5.41) is 35.6. The molecule has 3 aromatic rings. The van der Waals surface area contributed by atoms with Crippen LogP contribution in [0.1, 0.15) is 79.3 Å². The molecule has 1 amide bonds. The first-order chi connectivity index (χ1) is 28.7. The lowest BCUT2D eigenvalue weighted by molar-refractivity contribution is -0.384. The van der Waals surface area contributed by atoms with E-state index in [1.165, 1.54) is 18.2 Å². The minimum absolute atomic E-state index is 0.0205. The van der Waals surface area contributed by atoms with Gasteiger partial charge in [-0.2, -0.15) is 0 Å². The number of hydrogen-bond acceptors (Lipinski definition) is 11. The van der Waals surface area contributed by atoms with E-state index in [9.17, 15) is 29.9 Å². The second-order valence-electron chi connectivity index (χ2n) is 15.1. The van der Waals surface area contributed by atoms with Crippen LogP contribution >= 0.6 is 0 Å². The number of oxime groups is 1. The highest BCUT2D eigenvalue weighted by Gasteiger charge is 2.65. The largest absolute Gasteiger partial charge is 0.459 e. The molecule has 0 spiro atoms. The SMILES string of the molecule is C=CCO[C@@]12Oc3ccc(Oc4cccc(C=O)c4)cc3[C@H]3[C@H](CCCCO)[C@@H](CCCCO)C=C(C(=NOCC)C[C@@H]1N(C)C(=O)C=Cc1ccc([N+](=O)[O-])cc1)[C@H]32. The number of amides is 1. The number of aliphatic hydroxyl groups is 2. The summed E-state index contributed by atoms with van der Waals surface area (Å²) in [5.41, 5.74) is 3.54. The molecule has 1 saturated carbocycles. The van der Waals surface area contributed by atoms with Crippen LogP contribution in [0.5, 0.6) is 17.2 Å². The van der Waals surface area contributed by atoms with E-state index in [4.69, 9.17) is 19.0 Å². The zero-order chi connectivity index (χ0) is 41.9. The van der Waals surface area contributed by atoms with Crippen LogP contribution in [0.15, 0.2) is 102 Å². The minimum Gasteiger partial charge on any atom is -0.459 e. The van der Waals surface area contributed by atoms with Gasteiger partial charge in [-0.1, -0.05) is 42.3 Å². The summed E-state index contributed by atoms with van der Waals surface area (Å²) in [4.78, 5) is 43.9. The number of hydrogen-bond donors (Lipinski definition) is 2. The minimum atomic E-state index is -1.43. The average Bonchev–Trinajstić information content (AvgIpc) is 3.25. The summed E-state index contributed by atoms with van der Waals surface area (Å²) in [6, 6.07) is 17.8. The molecule has 59 heavy (non-hydrogen) atoms. The van der Waals surface area contributed by atoms with Crippen molar-refractivity contribution in [3.05, 3.63) is 124 Å². The zero-order valence-corrected chi connectivity index (χ0v) is 33.6. The summed E-state index contributed by atoms with van der Waals surface area (Å²) >= 11 is 0. The maximum absolute atomic E-state index is 14.2. The fourth-order valence-electron chi connectivity index (χ4n) is 8.87. The molecular weight excluding hydrogens is 755 g/mol. The topological polar surface area (TPSA) is 170 Å². The van der Waals surface area contributed by atoms with E-state index >= 15 is 0 Å². The number of likely N-dealkylation sites (N-methyl/N-ethyl adjacent to an activating group) is 1. The zero-order valence-electron chi connectivity index (χ0n) is 33.6. The van der Waals surface area contributed by atoms with Crippen molar-refractivity contribution in [3.63, 3.8) is 0 Å². The molecule has 3 aromatic carbocycles. The summed E-state index contributed by atoms with van der Waals surface area (Å²) in [5.74, 6) is -0.813. The Morgan fingerprint density at radius 2 is 1.78 bits per heavy atom. The average molecular weight is 808 g/mol. The summed E-state index contributed by atoms with van der Waals surface area (Å²) in [6.07, 6.45) is 12.4. The Kier molecular flexibility index (Phi) is 14.5. The third-order valence-corrected chi connectivity index (χ3v) is 11.5. The van der Waals surface area contributed by atoms with E-state index in [2.05, 4.69) is 17.8 Å². The molecule has 6 rings (SSSR count). The number of nitro benzene ring substituents is 1. The van der Waals surface area contributed by atoms with Gasteiger partial charge in [0.15, 0.2) is 0 Å². The van der Waals surface area contributed by atoms with Crippen molar-refractivity contribution in [1.82, 2.24) is 4.90 Å². The second kappa shape index (κ2) is 19.9. The van der Waals surface area contributed by atoms with E-state index in [0.29, 0.717) is 53.5 Å². The number of unbranched alkanes of at least 4 members (excludes halogenated alkanes) is 2. The molecule has 2 aliphatic carbocycles. The molecule has 2 N–H and O–H groups in total. The molecule has 13 heteroatoms. The third-order valence-electron chi connectivity index (χ3n) is 11.5. The van der Waals surface area contributed by atoms with Gasteiger partial charge in [0.2, 0.25) is 11.7 Å². The standard InChI is InChI=1S/C46H53N3O10/c1-4-25-56-46-42(48(3)43(53)22-17-31-15-18-34(19-16-31)49(54)55)29-40(47-57-5-2)38-27-33(12-6-8-23-50)37(14-7-9-24-51)44(45(38)46)39-28-36(20-21-41(39)59-46)58-35-13-10-11-32(26-35)30-52/h4,10-11,13,15-22,26-28,30,33,37,42,44-45,50-51H,1,5-9,12,14,23-25,29H2,2-3H3/t33-,37+,42-,44+,45+,46+/m0/s1. The van der Waals surface area contributed by atoms with Gasteiger partial charge in [0.1, 0.15) is 36.2 Å². The number of carbonyl (C=O) groups excluding carboxylic acids is 2. The molecular formula is C46H53N3O10. The molecule has 0 bridgehead atoms. The van der Waals surface area contributed by atoms with E-state index in [1.807, 2.05) is 25.1 Å². The quantitative estimate of drug-likeness (QED) is 0.0285. The third kappa shape index (κ3) is 9.48. The van der Waals surface area contributed by atoms with Gasteiger partial charge >= 0.3 is 0 Å². The Hall–Kier alpha value is -5.63. The van der Waals surface area contributed by atoms with Crippen LogP contribution in [0, 0.1) is 27.9 Å². The molecule has 0 aromatic heterocycles. The van der Waals surface area contributed by atoms with Gasteiger partial charge in [-0.3, -0.25) is 19.7 Å². The van der Waals surface area contributed by atoms with Crippen molar-refractivity contribution in [2.75, 3.05) is 33.5 Å². The van der Waals surface area contributed by atoms with Crippen LogP contribution in [0.3, 0.4) is 0 Å². The van der Waals surface area contributed by atoms with Crippen LogP contribution in [0.2, 0.25) is 0 Å². The van der Waals surface area contributed by atoms with Crippen molar-refractivity contribution in [3.8, 4) is 17.2 Å². The highest BCUT2D eigenvalue weighted by atomic mass is 16.7. The molecule has 3 aliphatic rings. The molecule has 0 radical (unpaired) electrons. The number of fused-ring (bicyclic) bond motifs is 2. The molecule has 1 fully saturated rings. The number of benzene rings is 3. The number of aliphatic hydroxyl groups excluding tert-OH is 2. The molecule has 13 nitrogen and oxygen atoms in total. The number of nitro groups is 1. The van der Waals surface area contributed by atoms with Gasteiger partial charge in [0.05, 0.1) is 23.2 Å². The lowest BCUT2D eigenvalue weighted by Crippen LogP contribution is -2.69. The van der Waals surface area contributed by atoms with Crippen LogP contribution in [0.4, 0.5) is 5.69 Å². The predicted molar refractivity (Wildman–Crippen MR) is 223 cm³/mol. The van der Waals surface area contributed by atoms with Gasteiger partial charge in [-0.15, -0.1) is 6.58 Å². The Balaban J connectivity index is 1.51. The Morgan fingerprint density at radius 1 is 1.03 bits per heavy atom. The Labute approximate surface area is 344 Å². The van der Waals surface area contributed by atoms with Crippen molar-refractivity contribution in [2.24, 2.45) is 22.9 Å². The predicted octanol–water partition coefficient (Wildman–Crippen LogP) is 8.02. The number of rotatable bonds is 20. The number of nitrogens with zero attached hydrogens (tertiary/aromatic N) is 3. The van der Waals surface area contributed by atoms with E-state index in [-0.39, 0.29) is 55.6 Å². The highest BCUT2D eigenvalue weighted by molar-refractivity contribution is 6.03. The normalized spacial score (nSPS) is 23.7. The van der Waals surface area contributed by atoms with Gasteiger partial charge in [0, 0.05) is 61.9 Å². The van der Waals surface area contributed by atoms with E-state index in [1.54, 1.807) is 60.5 Å². The number of ether oxygens (including phenoxy) is 3. The van der Waals surface area contributed by atoms with Gasteiger partial charge in [-0.25, -0.2) is 0 Å². The smallest absolute Gasteiger partial charge is 0.269 e. The fourth-order valence-corrected chi connectivity index (χ4v) is 8.87. The number of non-ortho nitro benzene ring substituents is 1. The summed E-state index contributed by atoms with van der Waals surface area (Å²) in [6.45, 7) is 6.42. The van der Waals surface area contributed by atoms with Gasteiger partial charge in [-0.05, 0) is 104 Å². The summed E-state index contributed by atoms with van der Waals surface area (Å²) < 4.78 is 20.5. The van der Waals surface area contributed by atoms with Crippen molar-refractivity contribution in [2.45, 2.75) is 69.6 Å². The first-order valence-electron chi connectivity index (χ1n) is 20.3. The van der Waals surface area contributed by atoms with Crippen molar-refractivity contribution in [1.29, 1.82) is 0 Å². The van der Waals surface area contributed by atoms with Crippen LogP contribution in [-0.2, 0) is 14.4 Å². The molecule has 1 heterocycles. The monoisotopic (exact) mass is 807 g/mol. The van der Waals surface area contributed by atoms with Crippen LogP contribution in [-0.4, -0.2) is 83.2 Å². The maximum atomic E-state index is 14.2. The molecule has 6 atom stereocenters. The fraction of sp³-hybridized carbons (Fsp3) is 0.413. The number of allylic oxidation sites excluding steroid dienone is 1. The lowest BCUT2D eigenvalue weighted by Gasteiger charge is -2.59. The molecule has 0 saturated heterocycles. The van der Waals surface area contributed by atoms with E-state index in [0.717, 1.165) is 43.1 Å². The first kappa shape index (κ1) is 43.0. The molecule has 312 valence electrons. The second-order valence-corrected chi connectivity index (χ2v) is 15.1. The van der Waals surface area contributed by atoms with E-state index < -0.39 is 22.7 Å². The number of aldehydes is 1. The van der Waals surface area contributed by atoms with Crippen molar-refractivity contribution < 1.29 is 43.8 Å². The maximum Gasteiger partial charge on any atom is 0.269 e. The van der Waals surface area contributed by atoms with Crippen LogP contribution < -0.4 is 9.47 Å². The highest BCUT2D eigenvalue weighted by Crippen LogP contribution is 2.62. The Bertz CT molecular complexity index is 2060. The first-order valence-corrected chi connectivity index (χ1v) is 20.3. The number of carbonyl (C=O) groups is 2. The van der Waals surface area contributed by atoms with Gasteiger partial charge in [0.25, 0.3) is 5.69 Å². The summed E-state index contributed by atoms with van der Waals surface area (Å²) in [7, 11) is 1.71. The van der Waals surface area contributed by atoms with Crippen molar-refractivity contribution >= 4 is 29.7 Å². The molecule has 0 unspecified atom stereocenters. The van der Waals surface area contributed by atoms with Gasteiger partial charge < -0.3 is 34.2 Å². The Morgan fingerprint density at radius 3 is 2.47 bits per heavy atom. The lowest BCUT2D eigenvalue weighted by atomic mass is 9.55. The molecule has 1 aliphatic heterocycles. The van der Waals surface area contributed by atoms with Crippen LogP contribution in [0.25, 0.3) is 6.08 Å².